The summed E-state index contributed by atoms with van der Waals surface area (Å²) in [6.45, 7) is 1.54. The van der Waals surface area contributed by atoms with Crippen molar-refractivity contribution in [3.8, 4) is 0 Å². The lowest BCUT2D eigenvalue weighted by molar-refractivity contribution is 0.00752. The van der Waals surface area contributed by atoms with Gasteiger partial charge in [-0.05, 0) is 6.07 Å². The fourth-order valence-electron chi connectivity index (χ4n) is 2.78. The summed E-state index contributed by atoms with van der Waals surface area (Å²) in [5, 5.41) is 11.4. The van der Waals surface area contributed by atoms with Crippen molar-refractivity contribution >= 4 is 11.3 Å². The third-order valence-electron chi connectivity index (χ3n) is 4.15. The van der Waals surface area contributed by atoms with Gasteiger partial charge in [0.2, 0.25) is 0 Å². The summed E-state index contributed by atoms with van der Waals surface area (Å²) in [5.74, 6) is -3.30. The van der Waals surface area contributed by atoms with Gasteiger partial charge < -0.3 is 5.11 Å². The van der Waals surface area contributed by atoms with Gasteiger partial charge in [0.1, 0.15) is 23.6 Å². The molecule has 3 aromatic rings. The molecule has 0 aliphatic carbocycles. The summed E-state index contributed by atoms with van der Waals surface area (Å²) in [6, 6.07) is 2.91. The van der Waals surface area contributed by atoms with Gasteiger partial charge in [0.05, 0.1) is 17.4 Å². The average Bonchev–Trinajstić information content (AvgIpc) is 3.07. The topological polar surface area (TPSA) is 58.9 Å². The summed E-state index contributed by atoms with van der Waals surface area (Å²) in [4.78, 5) is 12.1. The zero-order chi connectivity index (χ0) is 18.0. The molecule has 0 unspecified atom stereocenters. The van der Waals surface area contributed by atoms with E-state index in [0.29, 0.717) is 10.9 Å². The van der Waals surface area contributed by atoms with E-state index in [1.807, 2.05) is 0 Å². The number of rotatable bonds is 5. The Labute approximate surface area is 146 Å². The minimum Gasteiger partial charge on any atom is -0.384 e. The van der Waals surface area contributed by atoms with Gasteiger partial charge in [0.15, 0.2) is 5.82 Å². The Hall–Kier alpha value is -2.32. The fraction of sp³-hybridized carbons (Fsp3) is 0.235. The lowest BCUT2D eigenvalue weighted by Crippen LogP contribution is -2.36. The van der Waals surface area contributed by atoms with Crippen LogP contribution in [0.5, 0.6) is 0 Å². The van der Waals surface area contributed by atoms with Gasteiger partial charge in [-0.3, -0.25) is 4.98 Å². The average molecular weight is 365 g/mol. The predicted molar refractivity (Wildman–Crippen MR) is 86.5 cm³/mol. The molecule has 0 saturated heterocycles. The number of hydrogen-bond donors (Lipinski definition) is 1. The minimum absolute atomic E-state index is 0.0230. The predicted octanol–water partition coefficient (Wildman–Crippen LogP) is 3.58. The number of aliphatic hydroxyl groups is 1. The number of aromatic nitrogens is 3. The summed E-state index contributed by atoms with van der Waals surface area (Å²) >= 11 is 1.28. The van der Waals surface area contributed by atoms with Crippen molar-refractivity contribution in [2.24, 2.45) is 0 Å². The Balaban J connectivity index is 2.13. The van der Waals surface area contributed by atoms with E-state index < -0.39 is 29.0 Å². The molecule has 1 aromatic carbocycles. The van der Waals surface area contributed by atoms with Gasteiger partial charge >= 0.3 is 0 Å². The monoisotopic (exact) mass is 365 g/mol. The van der Waals surface area contributed by atoms with Crippen LogP contribution in [0.15, 0.2) is 42.4 Å². The molecule has 0 aliphatic rings. The van der Waals surface area contributed by atoms with Crippen LogP contribution in [-0.2, 0) is 12.0 Å². The number of nitrogens with zero attached hydrogens (tertiary/aromatic N) is 3. The molecular weight excluding hydrogens is 351 g/mol. The van der Waals surface area contributed by atoms with Crippen molar-refractivity contribution in [2.45, 2.75) is 24.9 Å². The molecule has 0 aliphatic heterocycles. The molecule has 2 heterocycles. The fourth-order valence-corrected chi connectivity index (χ4v) is 3.47. The maximum absolute atomic E-state index is 14.4. The summed E-state index contributed by atoms with van der Waals surface area (Å²) in [5.41, 5.74) is -0.454. The number of hydrogen-bond acceptors (Lipinski definition) is 5. The number of thiazole rings is 1. The maximum Gasteiger partial charge on any atom is 0.163 e. The van der Waals surface area contributed by atoms with E-state index in [-0.39, 0.29) is 17.7 Å². The molecule has 0 spiro atoms. The molecule has 8 heteroatoms. The van der Waals surface area contributed by atoms with Crippen molar-refractivity contribution in [1.82, 2.24) is 15.0 Å². The van der Waals surface area contributed by atoms with Crippen molar-refractivity contribution in [2.75, 3.05) is 0 Å². The molecule has 4 nitrogen and oxygen atoms in total. The number of halogens is 3. The quantitative estimate of drug-likeness (QED) is 0.751. The van der Waals surface area contributed by atoms with E-state index in [1.54, 1.807) is 11.7 Å². The summed E-state index contributed by atoms with van der Waals surface area (Å²) in [6.07, 6.45) is 3.65. The molecule has 0 bridgehead atoms. The minimum atomic E-state index is -1.85. The zero-order valence-corrected chi connectivity index (χ0v) is 14.0. The Morgan fingerprint density at radius 1 is 1.16 bits per heavy atom. The Morgan fingerprint density at radius 2 is 1.96 bits per heavy atom. The van der Waals surface area contributed by atoms with Gasteiger partial charge in [-0.15, -0.1) is 11.3 Å². The molecule has 2 aromatic heterocycles. The second-order valence-electron chi connectivity index (χ2n) is 5.67. The molecule has 0 saturated carbocycles. The highest BCUT2D eigenvalue weighted by Gasteiger charge is 2.41. The first-order chi connectivity index (χ1) is 11.9. The molecule has 3 rings (SSSR count). The van der Waals surface area contributed by atoms with Crippen LogP contribution in [0.4, 0.5) is 13.2 Å². The molecular formula is C17H14F3N3OS. The third kappa shape index (κ3) is 3.40. The molecule has 25 heavy (non-hydrogen) atoms. The van der Waals surface area contributed by atoms with E-state index in [0.717, 1.165) is 18.6 Å². The Morgan fingerprint density at radius 3 is 2.60 bits per heavy atom. The first-order valence-corrected chi connectivity index (χ1v) is 8.30. The summed E-state index contributed by atoms with van der Waals surface area (Å²) < 4.78 is 41.8. The molecule has 0 amide bonds. The second kappa shape index (κ2) is 6.89. The van der Waals surface area contributed by atoms with Crippen molar-refractivity contribution in [1.29, 1.82) is 0 Å². The Bertz CT molecular complexity index is 875. The van der Waals surface area contributed by atoms with Crippen LogP contribution >= 0.6 is 11.3 Å². The van der Waals surface area contributed by atoms with Crippen molar-refractivity contribution in [3.63, 3.8) is 0 Å². The first-order valence-electron chi connectivity index (χ1n) is 7.42. The van der Waals surface area contributed by atoms with Gasteiger partial charge in [-0.25, -0.2) is 23.1 Å². The van der Waals surface area contributed by atoms with Crippen LogP contribution in [0.1, 0.15) is 29.0 Å². The lowest BCUT2D eigenvalue weighted by atomic mass is 9.77. The lowest BCUT2D eigenvalue weighted by Gasteiger charge is -2.34. The van der Waals surface area contributed by atoms with Crippen LogP contribution in [0.2, 0.25) is 0 Å². The van der Waals surface area contributed by atoms with E-state index >= 15 is 0 Å². The first kappa shape index (κ1) is 17.5. The van der Waals surface area contributed by atoms with Crippen molar-refractivity contribution in [3.05, 3.63) is 76.0 Å². The third-order valence-corrected chi connectivity index (χ3v) is 4.93. The van der Waals surface area contributed by atoms with Crippen LogP contribution in [0.3, 0.4) is 0 Å². The van der Waals surface area contributed by atoms with Gasteiger partial charge in [-0.2, -0.15) is 0 Å². The van der Waals surface area contributed by atoms with Gasteiger partial charge in [0, 0.05) is 35.0 Å². The molecule has 130 valence electrons. The standard InChI is InChI=1S/C17H14F3N3OS/c1-10(16-15(20)7-21-8-23-16)17(24,5-12-6-22-9-25-12)13-3-2-11(18)4-14(13)19/h2-4,6-10,24H,5H2,1H3/t10-,17+/m0/s1. The maximum atomic E-state index is 14.4. The van der Waals surface area contributed by atoms with E-state index in [1.165, 1.54) is 24.3 Å². The Kier molecular flexibility index (Phi) is 4.82. The highest BCUT2D eigenvalue weighted by atomic mass is 32.1. The van der Waals surface area contributed by atoms with Crippen LogP contribution < -0.4 is 0 Å². The van der Waals surface area contributed by atoms with Crippen molar-refractivity contribution < 1.29 is 18.3 Å². The summed E-state index contributed by atoms with van der Waals surface area (Å²) in [7, 11) is 0. The normalized spacial score (nSPS) is 14.9. The number of benzene rings is 1. The molecule has 0 radical (unpaired) electrons. The SMILES string of the molecule is C[C@@H](c1ncncc1F)[C@](O)(Cc1cncs1)c1ccc(F)cc1F. The van der Waals surface area contributed by atoms with E-state index in [2.05, 4.69) is 15.0 Å². The largest absolute Gasteiger partial charge is 0.384 e. The van der Waals surface area contributed by atoms with Gasteiger partial charge in [0.25, 0.3) is 0 Å². The smallest absolute Gasteiger partial charge is 0.163 e. The molecule has 0 fully saturated rings. The second-order valence-corrected chi connectivity index (χ2v) is 6.64. The molecule has 2 atom stereocenters. The van der Waals surface area contributed by atoms with Crippen LogP contribution in [0.25, 0.3) is 0 Å². The van der Waals surface area contributed by atoms with E-state index in [4.69, 9.17) is 0 Å². The van der Waals surface area contributed by atoms with Gasteiger partial charge in [-0.1, -0.05) is 13.0 Å². The molecule has 1 N–H and O–H groups in total. The van der Waals surface area contributed by atoms with Crippen LogP contribution in [-0.4, -0.2) is 20.1 Å². The highest BCUT2D eigenvalue weighted by Crippen LogP contribution is 2.41. The highest BCUT2D eigenvalue weighted by molar-refractivity contribution is 7.09. The van der Waals surface area contributed by atoms with Crippen LogP contribution in [0, 0.1) is 17.5 Å². The van der Waals surface area contributed by atoms with E-state index in [9.17, 15) is 18.3 Å². The zero-order valence-electron chi connectivity index (χ0n) is 13.2.